The summed E-state index contributed by atoms with van der Waals surface area (Å²) in [5, 5.41) is 8.99. The van der Waals surface area contributed by atoms with Crippen molar-refractivity contribution >= 4 is 16.7 Å². The molecule has 1 aromatic carbocycles. The fraction of sp³-hybridized carbons (Fsp3) is 0.174. The van der Waals surface area contributed by atoms with Crippen LogP contribution in [-0.4, -0.2) is 48.3 Å². The van der Waals surface area contributed by atoms with Gasteiger partial charge in [0.2, 0.25) is 0 Å². The number of hydrogen-bond acceptors (Lipinski definition) is 8. The zero-order chi connectivity index (χ0) is 23.8. The molecule has 0 aliphatic heterocycles. The van der Waals surface area contributed by atoms with Crippen LogP contribution in [0.5, 0.6) is 11.5 Å². The SMILES string of the molecule is COc1ccc(Cn2cnc3c(-n4cc(-c5cnn(C)c5)c(N)n4)nccc3c2=O)c(OC)c1. The molecule has 5 rings (SSSR count). The molecule has 0 unspecified atom stereocenters. The second-order valence-electron chi connectivity index (χ2n) is 7.66. The summed E-state index contributed by atoms with van der Waals surface area (Å²) in [6.07, 6.45) is 8.36. The maximum Gasteiger partial charge on any atom is 0.261 e. The van der Waals surface area contributed by atoms with Gasteiger partial charge in [0.1, 0.15) is 17.0 Å². The van der Waals surface area contributed by atoms with Crippen LogP contribution in [0.1, 0.15) is 5.56 Å². The second kappa shape index (κ2) is 8.35. The van der Waals surface area contributed by atoms with E-state index in [1.165, 1.54) is 15.6 Å². The van der Waals surface area contributed by atoms with Gasteiger partial charge in [0.25, 0.3) is 5.56 Å². The lowest BCUT2D eigenvalue weighted by atomic mass is 10.2. The van der Waals surface area contributed by atoms with Gasteiger partial charge in [-0.3, -0.25) is 14.0 Å². The lowest BCUT2D eigenvalue weighted by Crippen LogP contribution is -2.22. The number of nitrogens with two attached hydrogens (primary N) is 1. The summed E-state index contributed by atoms with van der Waals surface area (Å²) in [5.74, 6) is 2.03. The number of aromatic nitrogens is 7. The Morgan fingerprint density at radius 3 is 2.68 bits per heavy atom. The number of hydrogen-bond donors (Lipinski definition) is 1. The Bertz CT molecular complexity index is 1570. The number of anilines is 1. The third-order valence-corrected chi connectivity index (χ3v) is 5.53. The van der Waals surface area contributed by atoms with Gasteiger partial charge < -0.3 is 15.2 Å². The summed E-state index contributed by atoms with van der Waals surface area (Å²) in [4.78, 5) is 22.2. The summed E-state index contributed by atoms with van der Waals surface area (Å²) in [5.41, 5.74) is 8.73. The summed E-state index contributed by atoms with van der Waals surface area (Å²) >= 11 is 0. The maximum absolute atomic E-state index is 13.3. The van der Waals surface area contributed by atoms with Crippen molar-refractivity contribution in [1.29, 1.82) is 0 Å². The first kappa shape index (κ1) is 21.2. The van der Waals surface area contributed by atoms with Crippen LogP contribution in [0.25, 0.3) is 27.8 Å². The molecule has 11 nitrogen and oxygen atoms in total. The van der Waals surface area contributed by atoms with Gasteiger partial charge in [-0.2, -0.15) is 5.10 Å². The molecule has 2 N–H and O–H groups in total. The second-order valence-corrected chi connectivity index (χ2v) is 7.66. The molecule has 0 radical (unpaired) electrons. The lowest BCUT2D eigenvalue weighted by molar-refractivity contribution is 0.390. The highest BCUT2D eigenvalue weighted by Gasteiger charge is 2.16. The van der Waals surface area contributed by atoms with E-state index in [4.69, 9.17) is 15.2 Å². The number of benzene rings is 1. The van der Waals surface area contributed by atoms with Crippen molar-refractivity contribution in [3.05, 3.63) is 71.3 Å². The number of fused-ring (bicyclic) bond motifs is 1. The number of aryl methyl sites for hydroxylation is 1. The van der Waals surface area contributed by atoms with Gasteiger partial charge in [0.05, 0.1) is 38.7 Å². The average molecular weight is 458 g/mol. The van der Waals surface area contributed by atoms with Crippen LogP contribution in [0, 0.1) is 0 Å². The minimum atomic E-state index is -0.209. The molecule has 11 heteroatoms. The van der Waals surface area contributed by atoms with Crippen molar-refractivity contribution in [3.63, 3.8) is 0 Å². The average Bonchev–Trinajstić information content (AvgIpc) is 3.45. The summed E-state index contributed by atoms with van der Waals surface area (Å²) in [7, 11) is 4.99. The standard InChI is InChI=1S/C23H22N8O3/c1-29-10-15(9-27-29)18-12-31(28-21(18)24)22-20-17(6-7-25-22)23(32)30(13-26-20)11-14-4-5-16(33-2)8-19(14)34-3/h4-10,12-13H,11H2,1-3H3,(H2,24,28). The highest BCUT2D eigenvalue weighted by Crippen LogP contribution is 2.27. The van der Waals surface area contributed by atoms with Crippen molar-refractivity contribution < 1.29 is 9.47 Å². The van der Waals surface area contributed by atoms with E-state index < -0.39 is 0 Å². The van der Waals surface area contributed by atoms with Crippen LogP contribution in [-0.2, 0) is 13.6 Å². The molecule has 34 heavy (non-hydrogen) atoms. The van der Waals surface area contributed by atoms with Gasteiger partial charge in [-0.15, -0.1) is 5.10 Å². The fourth-order valence-corrected chi connectivity index (χ4v) is 3.80. The van der Waals surface area contributed by atoms with E-state index >= 15 is 0 Å². The van der Waals surface area contributed by atoms with Crippen molar-refractivity contribution in [3.8, 4) is 28.4 Å². The molecular formula is C23H22N8O3. The van der Waals surface area contributed by atoms with E-state index in [0.717, 1.165) is 11.1 Å². The Morgan fingerprint density at radius 1 is 1.09 bits per heavy atom. The Hall–Kier alpha value is -4.67. The highest BCUT2D eigenvalue weighted by atomic mass is 16.5. The van der Waals surface area contributed by atoms with E-state index in [0.29, 0.717) is 39.6 Å². The van der Waals surface area contributed by atoms with Crippen LogP contribution < -0.4 is 20.8 Å². The molecule has 0 aliphatic carbocycles. The molecule has 0 saturated carbocycles. The minimum Gasteiger partial charge on any atom is -0.497 e. The van der Waals surface area contributed by atoms with Crippen molar-refractivity contribution in [2.45, 2.75) is 6.54 Å². The molecule has 0 atom stereocenters. The van der Waals surface area contributed by atoms with Gasteiger partial charge in [-0.05, 0) is 18.2 Å². The summed E-state index contributed by atoms with van der Waals surface area (Å²) < 4.78 is 15.4. The zero-order valence-electron chi connectivity index (χ0n) is 18.8. The topological polar surface area (TPSA) is 128 Å². The molecule has 0 amide bonds. The molecule has 5 aromatic rings. The zero-order valence-corrected chi connectivity index (χ0v) is 18.8. The molecule has 4 heterocycles. The van der Waals surface area contributed by atoms with Gasteiger partial charge >= 0.3 is 0 Å². The van der Waals surface area contributed by atoms with E-state index in [1.54, 1.807) is 49.6 Å². The van der Waals surface area contributed by atoms with Crippen LogP contribution in [0.4, 0.5) is 5.82 Å². The predicted molar refractivity (Wildman–Crippen MR) is 126 cm³/mol. The number of nitrogens with zero attached hydrogens (tertiary/aromatic N) is 7. The van der Waals surface area contributed by atoms with Crippen LogP contribution >= 0.6 is 0 Å². The largest absolute Gasteiger partial charge is 0.497 e. The number of rotatable bonds is 6. The Labute approximate surface area is 194 Å². The molecule has 0 spiro atoms. The molecule has 0 aliphatic rings. The Balaban J connectivity index is 1.56. The van der Waals surface area contributed by atoms with Crippen molar-refractivity contribution in [2.75, 3.05) is 20.0 Å². The quantitative estimate of drug-likeness (QED) is 0.409. The maximum atomic E-state index is 13.3. The highest BCUT2D eigenvalue weighted by molar-refractivity contribution is 5.84. The monoisotopic (exact) mass is 458 g/mol. The first-order valence-electron chi connectivity index (χ1n) is 10.4. The molecule has 0 fully saturated rings. The van der Waals surface area contributed by atoms with Crippen LogP contribution in [0.2, 0.25) is 0 Å². The number of ether oxygens (including phenoxy) is 2. The Morgan fingerprint density at radius 2 is 1.94 bits per heavy atom. The van der Waals surface area contributed by atoms with Gasteiger partial charge in [-0.25, -0.2) is 14.6 Å². The predicted octanol–water partition coefficient (Wildman–Crippen LogP) is 2.03. The van der Waals surface area contributed by atoms with E-state index in [-0.39, 0.29) is 12.1 Å². The van der Waals surface area contributed by atoms with E-state index in [1.807, 2.05) is 25.4 Å². The number of pyridine rings is 1. The first-order valence-corrected chi connectivity index (χ1v) is 10.4. The minimum absolute atomic E-state index is 0.209. The lowest BCUT2D eigenvalue weighted by Gasteiger charge is -2.12. The van der Waals surface area contributed by atoms with Gasteiger partial charge in [0.15, 0.2) is 11.6 Å². The molecule has 4 aromatic heterocycles. The fourth-order valence-electron chi connectivity index (χ4n) is 3.80. The van der Waals surface area contributed by atoms with E-state index in [2.05, 4.69) is 20.2 Å². The summed E-state index contributed by atoms with van der Waals surface area (Å²) in [6, 6.07) is 7.10. The van der Waals surface area contributed by atoms with Gasteiger partial charge in [0, 0.05) is 48.4 Å². The number of methoxy groups -OCH3 is 2. The normalized spacial score (nSPS) is 11.1. The van der Waals surface area contributed by atoms with Crippen LogP contribution in [0.15, 0.2) is 60.2 Å². The van der Waals surface area contributed by atoms with Gasteiger partial charge in [-0.1, -0.05) is 0 Å². The Kier molecular flexibility index (Phi) is 5.21. The smallest absolute Gasteiger partial charge is 0.261 e. The molecule has 0 saturated heterocycles. The van der Waals surface area contributed by atoms with Crippen molar-refractivity contribution in [2.24, 2.45) is 7.05 Å². The van der Waals surface area contributed by atoms with Crippen molar-refractivity contribution in [1.82, 2.24) is 34.1 Å². The third kappa shape index (κ3) is 3.62. The first-order chi connectivity index (χ1) is 16.5. The van der Waals surface area contributed by atoms with Crippen LogP contribution in [0.3, 0.4) is 0 Å². The summed E-state index contributed by atoms with van der Waals surface area (Å²) in [6.45, 7) is 0.284. The third-order valence-electron chi connectivity index (χ3n) is 5.53. The molecular weight excluding hydrogens is 436 g/mol. The number of nitrogen functional groups attached to an aromatic ring is 1. The molecule has 0 bridgehead atoms. The van der Waals surface area contributed by atoms with E-state index in [9.17, 15) is 4.79 Å². The molecule has 172 valence electrons.